The minimum absolute atomic E-state index is 0.341. The Kier molecular flexibility index (Phi) is 3.21. The number of aromatic amines is 1. The fourth-order valence-electron chi connectivity index (χ4n) is 1.32. The van der Waals surface area contributed by atoms with Crippen molar-refractivity contribution in [2.45, 2.75) is 19.4 Å². The van der Waals surface area contributed by atoms with Crippen LogP contribution in [0.2, 0.25) is 0 Å². The van der Waals surface area contributed by atoms with Crippen LogP contribution in [-0.4, -0.2) is 33.6 Å². The van der Waals surface area contributed by atoms with Gasteiger partial charge in [-0.15, -0.1) is 0 Å². The summed E-state index contributed by atoms with van der Waals surface area (Å²) in [4.78, 5) is 4.23. The molecule has 0 amide bonds. The molecular weight excluding hydrogens is 222 g/mol. The summed E-state index contributed by atoms with van der Waals surface area (Å²) >= 11 is 0. The zero-order valence-corrected chi connectivity index (χ0v) is 9.80. The molecule has 1 atom stereocenters. The highest BCUT2D eigenvalue weighted by Crippen LogP contribution is 2.20. The molecule has 0 aromatic carbocycles. The molecule has 0 aliphatic heterocycles. The summed E-state index contributed by atoms with van der Waals surface area (Å²) in [6, 6.07) is 0. The van der Waals surface area contributed by atoms with Gasteiger partial charge in [-0.3, -0.25) is 5.10 Å². The van der Waals surface area contributed by atoms with Gasteiger partial charge in [0, 0.05) is 12.8 Å². The molecule has 0 radical (unpaired) electrons. The van der Waals surface area contributed by atoms with Gasteiger partial charge in [0.1, 0.15) is 5.54 Å². The fourth-order valence-corrected chi connectivity index (χ4v) is 1.32. The van der Waals surface area contributed by atoms with Crippen molar-refractivity contribution < 1.29 is 9.26 Å². The molecule has 17 heavy (non-hydrogen) atoms. The summed E-state index contributed by atoms with van der Waals surface area (Å²) in [5.41, 5.74) is 6.03. The molecule has 2 rings (SSSR count). The zero-order valence-electron chi connectivity index (χ0n) is 9.80. The SMILES string of the molecule is CCOCC(C)(N)c1noc(-c2cn[nH]c2)n1. The van der Waals surface area contributed by atoms with Gasteiger partial charge in [0.05, 0.1) is 18.4 Å². The summed E-state index contributed by atoms with van der Waals surface area (Å²) in [6.45, 7) is 4.64. The predicted octanol–water partition coefficient (Wildman–Crippen LogP) is 0.670. The van der Waals surface area contributed by atoms with Gasteiger partial charge in [-0.05, 0) is 13.8 Å². The molecule has 0 saturated carbocycles. The number of nitrogens with zero attached hydrogens (tertiary/aromatic N) is 3. The van der Waals surface area contributed by atoms with E-state index in [1.165, 1.54) is 0 Å². The summed E-state index contributed by atoms with van der Waals surface area (Å²) < 4.78 is 10.4. The van der Waals surface area contributed by atoms with Crippen LogP contribution in [0, 0.1) is 0 Å². The van der Waals surface area contributed by atoms with Crippen LogP contribution in [0.15, 0.2) is 16.9 Å². The van der Waals surface area contributed by atoms with Crippen LogP contribution in [0.1, 0.15) is 19.7 Å². The van der Waals surface area contributed by atoms with Crippen LogP contribution < -0.4 is 5.73 Å². The van der Waals surface area contributed by atoms with E-state index < -0.39 is 5.54 Å². The number of H-pyrrole nitrogens is 1. The van der Waals surface area contributed by atoms with E-state index in [1.807, 2.05) is 6.92 Å². The lowest BCUT2D eigenvalue weighted by Crippen LogP contribution is -2.39. The van der Waals surface area contributed by atoms with Crippen molar-refractivity contribution in [3.63, 3.8) is 0 Å². The van der Waals surface area contributed by atoms with Crippen LogP contribution in [0.5, 0.6) is 0 Å². The lowest BCUT2D eigenvalue weighted by molar-refractivity contribution is 0.0962. The van der Waals surface area contributed by atoms with Crippen LogP contribution in [0.4, 0.5) is 0 Å². The maximum Gasteiger partial charge on any atom is 0.261 e. The Labute approximate surface area is 98.3 Å². The first-order valence-electron chi connectivity index (χ1n) is 5.33. The Morgan fingerprint density at radius 3 is 3.06 bits per heavy atom. The summed E-state index contributed by atoms with van der Waals surface area (Å²) in [7, 11) is 0. The Morgan fingerprint density at radius 1 is 1.59 bits per heavy atom. The molecular formula is C10H15N5O2. The molecule has 0 fully saturated rings. The van der Waals surface area contributed by atoms with Crippen LogP contribution in [0.3, 0.4) is 0 Å². The van der Waals surface area contributed by atoms with Gasteiger partial charge in [0.2, 0.25) is 0 Å². The van der Waals surface area contributed by atoms with Crippen molar-refractivity contribution in [3.05, 3.63) is 18.2 Å². The first-order valence-corrected chi connectivity index (χ1v) is 5.33. The molecule has 92 valence electrons. The second-order valence-corrected chi connectivity index (χ2v) is 3.96. The topological polar surface area (TPSA) is 103 Å². The monoisotopic (exact) mass is 237 g/mol. The largest absolute Gasteiger partial charge is 0.379 e. The van der Waals surface area contributed by atoms with Gasteiger partial charge in [-0.1, -0.05) is 5.16 Å². The average molecular weight is 237 g/mol. The predicted molar refractivity (Wildman–Crippen MR) is 59.9 cm³/mol. The molecule has 0 aliphatic rings. The van der Waals surface area contributed by atoms with Gasteiger partial charge < -0.3 is 15.0 Å². The molecule has 7 heteroatoms. The maximum absolute atomic E-state index is 6.06. The smallest absolute Gasteiger partial charge is 0.261 e. The third-order valence-corrected chi connectivity index (χ3v) is 2.29. The zero-order chi connectivity index (χ0) is 12.3. The first-order chi connectivity index (χ1) is 8.13. The van der Waals surface area contributed by atoms with Gasteiger partial charge >= 0.3 is 0 Å². The summed E-state index contributed by atoms with van der Waals surface area (Å²) in [5.74, 6) is 0.809. The number of hydrogen-bond acceptors (Lipinski definition) is 6. The van der Waals surface area contributed by atoms with E-state index in [0.29, 0.717) is 24.9 Å². The van der Waals surface area contributed by atoms with Crippen LogP contribution in [-0.2, 0) is 10.3 Å². The van der Waals surface area contributed by atoms with Gasteiger partial charge in [-0.2, -0.15) is 10.1 Å². The van der Waals surface area contributed by atoms with Crippen LogP contribution >= 0.6 is 0 Å². The summed E-state index contributed by atoms with van der Waals surface area (Å²) in [6.07, 6.45) is 3.28. The third-order valence-electron chi connectivity index (χ3n) is 2.29. The fraction of sp³-hybridized carbons (Fsp3) is 0.500. The third kappa shape index (κ3) is 2.51. The second-order valence-electron chi connectivity index (χ2n) is 3.96. The molecule has 0 spiro atoms. The summed E-state index contributed by atoms with van der Waals surface area (Å²) in [5, 5.41) is 10.4. The Bertz CT molecular complexity index is 463. The van der Waals surface area contributed by atoms with Crippen molar-refractivity contribution in [1.29, 1.82) is 0 Å². The first kappa shape index (κ1) is 11.7. The molecule has 2 heterocycles. The highest BCUT2D eigenvalue weighted by molar-refractivity contribution is 5.49. The maximum atomic E-state index is 6.06. The van der Waals surface area contributed by atoms with Gasteiger partial charge in [0.25, 0.3) is 5.89 Å². The number of rotatable bonds is 5. The van der Waals surface area contributed by atoms with Crippen molar-refractivity contribution in [1.82, 2.24) is 20.3 Å². The number of aromatic nitrogens is 4. The average Bonchev–Trinajstić information content (AvgIpc) is 2.95. The van der Waals surface area contributed by atoms with E-state index in [9.17, 15) is 0 Å². The number of ether oxygens (including phenoxy) is 1. The van der Waals surface area contributed by atoms with Crippen molar-refractivity contribution >= 4 is 0 Å². The minimum atomic E-state index is -0.762. The Morgan fingerprint density at radius 2 is 2.41 bits per heavy atom. The second kappa shape index (κ2) is 4.64. The molecule has 3 N–H and O–H groups in total. The van der Waals surface area contributed by atoms with E-state index in [4.69, 9.17) is 15.0 Å². The number of nitrogens with two attached hydrogens (primary N) is 1. The van der Waals surface area contributed by atoms with Crippen molar-refractivity contribution in [3.8, 4) is 11.5 Å². The Balaban J connectivity index is 2.18. The standard InChI is InChI=1S/C10H15N5O2/c1-3-16-6-10(2,11)9-14-8(17-15-9)7-4-12-13-5-7/h4-5H,3,6,11H2,1-2H3,(H,12,13). The number of nitrogens with one attached hydrogen (secondary N) is 1. The molecule has 0 bridgehead atoms. The van der Waals surface area contributed by atoms with E-state index in [2.05, 4.69) is 20.3 Å². The molecule has 0 saturated heterocycles. The van der Waals surface area contributed by atoms with E-state index in [-0.39, 0.29) is 0 Å². The molecule has 0 aliphatic carbocycles. The molecule has 7 nitrogen and oxygen atoms in total. The lowest BCUT2D eigenvalue weighted by Gasteiger charge is -2.19. The van der Waals surface area contributed by atoms with Crippen LogP contribution in [0.25, 0.3) is 11.5 Å². The molecule has 2 aromatic rings. The quantitative estimate of drug-likeness (QED) is 0.792. The number of hydrogen-bond donors (Lipinski definition) is 2. The Hall–Kier alpha value is -1.73. The van der Waals surface area contributed by atoms with Crippen molar-refractivity contribution in [2.75, 3.05) is 13.2 Å². The lowest BCUT2D eigenvalue weighted by atomic mass is 10.1. The van der Waals surface area contributed by atoms with E-state index >= 15 is 0 Å². The normalized spacial score (nSPS) is 14.8. The van der Waals surface area contributed by atoms with Crippen molar-refractivity contribution in [2.24, 2.45) is 5.73 Å². The highest BCUT2D eigenvalue weighted by Gasteiger charge is 2.28. The van der Waals surface area contributed by atoms with Gasteiger partial charge in [0.15, 0.2) is 5.82 Å². The minimum Gasteiger partial charge on any atom is -0.379 e. The van der Waals surface area contributed by atoms with E-state index in [0.717, 1.165) is 5.56 Å². The molecule has 1 unspecified atom stereocenters. The highest BCUT2D eigenvalue weighted by atomic mass is 16.5. The van der Waals surface area contributed by atoms with E-state index in [1.54, 1.807) is 19.3 Å². The van der Waals surface area contributed by atoms with Gasteiger partial charge in [-0.25, -0.2) is 0 Å². The molecule has 2 aromatic heterocycles.